The molecule has 1 aliphatic carbocycles. The molecule has 2 aliphatic rings. The molecule has 1 aliphatic heterocycles. The summed E-state index contributed by atoms with van der Waals surface area (Å²) in [4.78, 5) is 11.2. The van der Waals surface area contributed by atoms with E-state index in [0.29, 0.717) is 12.2 Å². The highest BCUT2D eigenvalue weighted by atomic mass is 35.5. The van der Waals surface area contributed by atoms with Gasteiger partial charge in [0.2, 0.25) is 0 Å². The van der Waals surface area contributed by atoms with Crippen LogP contribution in [0, 0.1) is 0 Å². The van der Waals surface area contributed by atoms with E-state index >= 15 is 0 Å². The van der Waals surface area contributed by atoms with Crippen molar-refractivity contribution in [1.29, 1.82) is 0 Å². The fourth-order valence-corrected chi connectivity index (χ4v) is 4.35. The van der Waals surface area contributed by atoms with Crippen LogP contribution in [0.5, 0.6) is 5.75 Å². The number of aryl methyl sites for hydroxylation is 2. The lowest BCUT2D eigenvalue weighted by molar-refractivity contribution is 0.0696. The minimum Gasteiger partial charge on any atom is -0.492 e. The van der Waals surface area contributed by atoms with Crippen molar-refractivity contribution < 1.29 is 14.6 Å². The van der Waals surface area contributed by atoms with Crippen LogP contribution >= 0.6 is 11.6 Å². The van der Waals surface area contributed by atoms with E-state index in [0.717, 1.165) is 48.4 Å². The summed E-state index contributed by atoms with van der Waals surface area (Å²) in [6.45, 7) is 0.640. The molecule has 0 amide bonds. The lowest BCUT2D eigenvalue weighted by atomic mass is 9.68. The first-order chi connectivity index (χ1) is 11.6. The molecule has 2 aromatic rings. The number of aromatic carboxylic acids is 1. The van der Waals surface area contributed by atoms with Crippen molar-refractivity contribution in [2.24, 2.45) is 0 Å². The van der Waals surface area contributed by atoms with Gasteiger partial charge in [0.05, 0.1) is 12.2 Å². The lowest BCUT2D eigenvalue weighted by Gasteiger charge is -2.38. The minimum atomic E-state index is -0.894. The molecule has 0 bridgehead atoms. The second-order valence-corrected chi connectivity index (χ2v) is 7.29. The fourth-order valence-electron chi connectivity index (χ4n) is 4.16. The van der Waals surface area contributed by atoms with Crippen LogP contribution in [0.4, 0.5) is 0 Å². The summed E-state index contributed by atoms with van der Waals surface area (Å²) in [6.07, 6.45) is 5.10. The zero-order chi connectivity index (χ0) is 16.7. The van der Waals surface area contributed by atoms with Gasteiger partial charge in [0.1, 0.15) is 5.75 Å². The Hall–Kier alpha value is -2.00. The lowest BCUT2D eigenvalue weighted by Crippen LogP contribution is -2.36. The van der Waals surface area contributed by atoms with E-state index in [1.54, 1.807) is 18.2 Å². The Morgan fingerprint density at radius 2 is 1.96 bits per heavy atom. The molecule has 0 fully saturated rings. The molecule has 4 rings (SSSR count). The number of carboxylic acids is 1. The first kappa shape index (κ1) is 15.5. The highest BCUT2D eigenvalue weighted by Crippen LogP contribution is 2.44. The van der Waals surface area contributed by atoms with E-state index in [2.05, 4.69) is 12.1 Å². The van der Waals surface area contributed by atoms with Crippen LogP contribution in [-0.2, 0) is 18.3 Å². The predicted octanol–water partition coefficient (Wildman–Crippen LogP) is 4.64. The third-order valence-electron chi connectivity index (χ3n) is 5.42. The van der Waals surface area contributed by atoms with Gasteiger partial charge in [-0.1, -0.05) is 17.7 Å². The number of fused-ring (bicyclic) bond motifs is 3. The number of hydrogen-bond acceptors (Lipinski definition) is 2. The van der Waals surface area contributed by atoms with Gasteiger partial charge in [0.15, 0.2) is 0 Å². The summed E-state index contributed by atoms with van der Waals surface area (Å²) in [5.41, 5.74) is 4.00. The van der Waals surface area contributed by atoms with Gasteiger partial charge in [-0.3, -0.25) is 0 Å². The molecule has 0 aromatic heterocycles. The number of rotatable bonds is 1. The Morgan fingerprint density at radius 1 is 1.08 bits per heavy atom. The SMILES string of the molecule is O=C(O)c1ccc2c(c1)CCC1(CCCc3cc(Cl)ccc31)CO2. The topological polar surface area (TPSA) is 46.5 Å². The third kappa shape index (κ3) is 2.57. The molecule has 2 aromatic carbocycles. The van der Waals surface area contributed by atoms with Crippen LogP contribution in [-0.4, -0.2) is 17.7 Å². The van der Waals surface area contributed by atoms with Crippen molar-refractivity contribution in [3.8, 4) is 5.75 Å². The summed E-state index contributed by atoms with van der Waals surface area (Å²) in [7, 11) is 0. The molecule has 1 heterocycles. The maximum atomic E-state index is 11.2. The van der Waals surface area contributed by atoms with Gasteiger partial charge in [-0.25, -0.2) is 4.79 Å². The molecule has 1 N–H and O–H groups in total. The monoisotopic (exact) mass is 342 g/mol. The van der Waals surface area contributed by atoms with Crippen LogP contribution in [0.25, 0.3) is 0 Å². The highest BCUT2D eigenvalue weighted by Gasteiger charge is 2.39. The number of halogens is 1. The smallest absolute Gasteiger partial charge is 0.335 e. The van der Waals surface area contributed by atoms with Crippen molar-refractivity contribution >= 4 is 17.6 Å². The average Bonchev–Trinajstić information content (AvgIpc) is 2.75. The summed E-state index contributed by atoms with van der Waals surface area (Å²) < 4.78 is 6.14. The molecule has 0 saturated heterocycles. The number of carbonyl (C=O) groups is 1. The van der Waals surface area contributed by atoms with Crippen LogP contribution in [0.2, 0.25) is 5.02 Å². The zero-order valence-electron chi connectivity index (χ0n) is 13.3. The predicted molar refractivity (Wildman–Crippen MR) is 93.3 cm³/mol. The molecule has 1 spiro atoms. The zero-order valence-corrected chi connectivity index (χ0v) is 14.1. The fraction of sp³-hybridized carbons (Fsp3) is 0.350. The molecule has 0 saturated carbocycles. The number of ether oxygens (including phenoxy) is 1. The first-order valence-electron chi connectivity index (χ1n) is 8.35. The van der Waals surface area contributed by atoms with Gasteiger partial charge in [0, 0.05) is 10.4 Å². The van der Waals surface area contributed by atoms with Crippen molar-refractivity contribution in [2.75, 3.05) is 6.61 Å². The maximum Gasteiger partial charge on any atom is 0.335 e. The highest BCUT2D eigenvalue weighted by molar-refractivity contribution is 6.30. The summed E-state index contributed by atoms with van der Waals surface area (Å²) in [5.74, 6) is -0.0765. The Labute approximate surface area is 146 Å². The molecular formula is C20H19ClO3. The van der Waals surface area contributed by atoms with E-state index in [1.165, 1.54) is 11.1 Å². The van der Waals surface area contributed by atoms with Crippen molar-refractivity contribution in [3.05, 3.63) is 63.7 Å². The Kier molecular flexibility index (Phi) is 3.76. The van der Waals surface area contributed by atoms with Gasteiger partial charge >= 0.3 is 5.97 Å². The van der Waals surface area contributed by atoms with Gasteiger partial charge in [0.25, 0.3) is 0 Å². The minimum absolute atomic E-state index is 0.000575. The van der Waals surface area contributed by atoms with Crippen LogP contribution < -0.4 is 4.74 Å². The number of carboxylic acid groups (broad SMARTS) is 1. The molecule has 124 valence electrons. The summed E-state index contributed by atoms with van der Waals surface area (Å²) in [5, 5.41) is 9.99. The van der Waals surface area contributed by atoms with E-state index in [9.17, 15) is 9.90 Å². The molecular weight excluding hydrogens is 324 g/mol. The number of benzene rings is 2. The molecule has 4 heteroatoms. The van der Waals surface area contributed by atoms with Gasteiger partial charge in [-0.2, -0.15) is 0 Å². The van der Waals surface area contributed by atoms with Gasteiger partial charge < -0.3 is 9.84 Å². The third-order valence-corrected chi connectivity index (χ3v) is 5.66. The second-order valence-electron chi connectivity index (χ2n) is 6.85. The largest absolute Gasteiger partial charge is 0.492 e. The first-order valence-corrected chi connectivity index (χ1v) is 8.73. The molecule has 0 radical (unpaired) electrons. The van der Waals surface area contributed by atoms with E-state index < -0.39 is 5.97 Å². The van der Waals surface area contributed by atoms with Crippen molar-refractivity contribution in [2.45, 2.75) is 37.5 Å². The quantitative estimate of drug-likeness (QED) is 0.821. The summed E-state index contributed by atoms with van der Waals surface area (Å²) in [6, 6.07) is 11.4. The number of hydrogen-bond donors (Lipinski definition) is 1. The molecule has 1 unspecified atom stereocenters. The maximum absolute atomic E-state index is 11.2. The normalized spacial score (nSPS) is 22.2. The van der Waals surface area contributed by atoms with Crippen molar-refractivity contribution in [3.63, 3.8) is 0 Å². The van der Waals surface area contributed by atoms with Crippen LogP contribution in [0.3, 0.4) is 0 Å². The Balaban J connectivity index is 1.70. The van der Waals surface area contributed by atoms with Gasteiger partial charge in [-0.15, -0.1) is 0 Å². The Morgan fingerprint density at radius 3 is 2.79 bits per heavy atom. The van der Waals surface area contributed by atoms with E-state index in [-0.39, 0.29) is 5.41 Å². The van der Waals surface area contributed by atoms with E-state index in [4.69, 9.17) is 16.3 Å². The van der Waals surface area contributed by atoms with Crippen LogP contribution in [0.15, 0.2) is 36.4 Å². The standard InChI is InChI=1S/C20H19ClO3/c21-16-4-5-17-13(11-16)2-1-8-20(17)9-7-14-10-15(19(22)23)3-6-18(14)24-12-20/h3-6,10-11H,1-2,7-9,12H2,(H,22,23). The van der Waals surface area contributed by atoms with Gasteiger partial charge in [-0.05, 0) is 79.1 Å². The average molecular weight is 343 g/mol. The molecule has 24 heavy (non-hydrogen) atoms. The summed E-state index contributed by atoms with van der Waals surface area (Å²) >= 11 is 6.17. The second kappa shape index (κ2) is 5.82. The van der Waals surface area contributed by atoms with Crippen molar-refractivity contribution in [1.82, 2.24) is 0 Å². The van der Waals surface area contributed by atoms with E-state index in [1.807, 2.05) is 6.07 Å². The molecule has 1 atom stereocenters. The Bertz CT molecular complexity index is 815. The molecule has 3 nitrogen and oxygen atoms in total. The van der Waals surface area contributed by atoms with Crippen LogP contribution in [0.1, 0.15) is 46.3 Å².